The molecule has 0 saturated heterocycles. The Morgan fingerprint density at radius 3 is 2.77 bits per heavy atom. The molecule has 0 radical (unpaired) electrons. The minimum Gasteiger partial charge on any atom is -0.483 e. The number of fused-ring (bicyclic) bond motifs is 1. The third-order valence-corrected chi connectivity index (χ3v) is 4.06. The van der Waals surface area contributed by atoms with Gasteiger partial charge in [-0.2, -0.15) is 0 Å². The van der Waals surface area contributed by atoms with Crippen LogP contribution < -0.4 is 4.74 Å². The number of carbonyl (C=O) groups excluding carboxylic acids is 1. The van der Waals surface area contributed by atoms with Crippen LogP contribution in [-0.2, 0) is 17.8 Å². The lowest BCUT2D eigenvalue weighted by molar-refractivity contribution is -0.133. The predicted molar refractivity (Wildman–Crippen MR) is 87.1 cm³/mol. The number of aryl methyl sites for hydroxylation is 1. The van der Waals surface area contributed by atoms with E-state index in [-0.39, 0.29) is 12.5 Å². The summed E-state index contributed by atoms with van der Waals surface area (Å²) >= 11 is 6.04. The molecule has 0 aliphatic carbocycles. The molecule has 2 aromatic carbocycles. The van der Waals surface area contributed by atoms with E-state index in [0.717, 1.165) is 30.7 Å². The molecule has 1 amide bonds. The van der Waals surface area contributed by atoms with Gasteiger partial charge in [0.2, 0.25) is 0 Å². The van der Waals surface area contributed by atoms with Gasteiger partial charge in [0.15, 0.2) is 6.61 Å². The molecule has 0 fully saturated rings. The molecule has 0 spiro atoms. The van der Waals surface area contributed by atoms with Crippen molar-refractivity contribution in [2.75, 3.05) is 13.2 Å². The molecule has 0 unspecified atom stereocenters. The molecule has 0 bridgehead atoms. The van der Waals surface area contributed by atoms with E-state index in [4.69, 9.17) is 16.3 Å². The fraction of sp³-hybridized carbons (Fsp3) is 0.278. The molecule has 0 saturated carbocycles. The average molecular weight is 316 g/mol. The van der Waals surface area contributed by atoms with Crippen molar-refractivity contribution in [2.45, 2.75) is 19.4 Å². The maximum Gasteiger partial charge on any atom is 0.260 e. The van der Waals surface area contributed by atoms with Crippen molar-refractivity contribution in [2.24, 2.45) is 0 Å². The molecular weight excluding hydrogens is 298 g/mol. The van der Waals surface area contributed by atoms with Crippen LogP contribution in [0.3, 0.4) is 0 Å². The summed E-state index contributed by atoms with van der Waals surface area (Å²) < 4.78 is 5.56. The van der Waals surface area contributed by atoms with Crippen molar-refractivity contribution in [1.82, 2.24) is 4.90 Å². The second-order valence-electron chi connectivity index (χ2n) is 5.45. The Labute approximate surface area is 135 Å². The number of carbonyl (C=O) groups is 1. The smallest absolute Gasteiger partial charge is 0.260 e. The molecule has 0 N–H and O–H groups in total. The maximum atomic E-state index is 12.2. The highest BCUT2D eigenvalue weighted by Gasteiger charge is 2.21. The van der Waals surface area contributed by atoms with Gasteiger partial charge in [-0.3, -0.25) is 4.79 Å². The highest BCUT2D eigenvalue weighted by atomic mass is 35.5. The van der Waals surface area contributed by atoms with Crippen LogP contribution in [0.25, 0.3) is 0 Å². The van der Waals surface area contributed by atoms with Gasteiger partial charge in [-0.15, -0.1) is 0 Å². The number of halogens is 1. The Bertz CT molecular complexity index is 657. The summed E-state index contributed by atoms with van der Waals surface area (Å²) in [5.74, 6) is 0.781. The van der Waals surface area contributed by atoms with Crippen LogP contribution in [0.2, 0.25) is 5.02 Å². The van der Waals surface area contributed by atoms with Gasteiger partial charge in [-0.05, 0) is 36.6 Å². The second-order valence-corrected chi connectivity index (χ2v) is 5.88. The fourth-order valence-electron chi connectivity index (χ4n) is 2.66. The molecule has 1 aliphatic heterocycles. The van der Waals surface area contributed by atoms with E-state index < -0.39 is 0 Å². The van der Waals surface area contributed by atoms with E-state index in [9.17, 15) is 4.79 Å². The zero-order valence-corrected chi connectivity index (χ0v) is 13.1. The third kappa shape index (κ3) is 3.60. The zero-order valence-electron chi connectivity index (χ0n) is 12.3. The first-order chi connectivity index (χ1) is 10.7. The lowest BCUT2D eigenvalue weighted by Gasteiger charge is -2.20. The molecule has 114 valence electrons. The van der Waals surface area contributed by atoms with Crippen LogP contribution in [0.1, 0.15) is 17.5 Å². The number of amides is 1. The van der Waals surface area contributed by atoms with Crippen LogP contribution in [-0.4, -0.2) is 24.0 Å². The zero-order chi connectivity index (χ0) is 15.4. The quantitative estimate of drug-likeness (QED) is 0.861. The predicted octanol–water partition coefficient (Wildman–Crippen LogP) is 3.69. The lowest BCUT2D eigenvalue weighted by atomic mass is 10.1. The average Bonchev–Trinajstić information content (AvgIpc) is 2.68. The molecule has 22 heavy (non-hydrogen) atoms. The summed E-state index contributed by atoms with van der Waals surface area (Å²) in [6.07, 6.45) is 1.90. The first-order valence-corrected chi connectivity index (χ1v) is 7.83. The van der Waals surface area contributed by atoms with Crippen LogP contribution in [0.15, 0.2) is 48.5 Å². The van der Waals surface area contributed by atoms with Crippen LogP contribution in [0.5, 0.6) is 5.75 Å². The van der Waals surface area contributed by atoms with Crippen molar-refractivity contribution < 1.29 is 9.53 Å². The van der Waals surface area contributed by atoms with Crippen LogP contribution in [0, 0.1) is 0 Å². The molecule has 1 heterocycles. The summed E-state index contributed by atoms with van der Waals surface area (Å²) in [5.41, 5.74) is 2.27. The van der Waals surface area contributed by atoms with Crippen molar-refractivity contribution in [3.63, 3.8) is 0 Å². The molecular formula is C18H18ClNO2. The first kappa shape index (κ1) is 14.9. The minimum atomic E-state index is 0.0281. The maximum absolute atomic E-state index is 12.2. The number of hydrogen-bond donors (Lipinski definition) is 0. The van der Waals surface area contributed by atoms with Crippen molar-refractivity contribution in [3.05, 3.63) is 64.7 Å². The Hall–Kier alpha value is -2.00. The van der Waals surface area contributed by atoms with Gasteiger partial charge in [0.25, 0.3) is 5.91 Å². The Morgan fingerprint density at radius 1 is 1.14 bits per heavy atom. The molecule has 2 aromatic rings. The molecule has 3 nitrogen and oxygen atoms in total. The molecule has 0 aromatic heterocycles. The minimum absolute atomic E-state index is 0.0281. The summed E-state index contributed by atoms with van der Waals surface area (Å²) in [7, 11) is 0. The van der Waals surface area contributed by atoms with Gasteiger partial charge in [0.05, 0.1) is 0 Å². The highest BCUT2D eigenvalue weighted by molar-refractivity contribution is 6.30. The molecule has 3 rings (SSSR count). The SMILES string of the molecule is O=C1COc2ccc(Cl)cc2CN1CCCc1ccccc1. The van der Waals surface area contributed by atoms with Gasteiger partial charge in [-0.25, -0.2) is 0 Å². The number of rotatable bonds is 4. The van der Waals surface area contributed by atoms with Crippen molar-refractivity contribution in [1.29, 1.82) is 0 Å². The van der Waals surface area contributed by atoms with E-state index in [2.05, 4.69) is 12.1 Å². The van der Waals surface area contributed by atoms with Crippen LogP contribution in [0.4, 0.5) is 0 Å². The van der Waals surface area contributed by atoms with E-state index in [1.807, 2.05) is 35.2 Å². The normalized spacial score (nSPS) is 14.2. The van der Waals surface area contributed by atoms with Gasteiger partial charge in [-0.1, -0.05) is 41.9 Å². The van der Waals surface area contributed by atoms with Crippen molar-refractivity contribution in [3.8, 4) is 5.75 Å². The van der Waals surface area contributed by atoms with E-state index in [0.29, 0.717) is 11.6 Å². The Balaban J connectivity index is 1.64. The van der Waals surface area contributed by atoms with Crippen LogP contribution >= 0.6 is 11.6 Å². The Kier molecular flexibility index (Phi) is 4.64. The summed E-state index contributed by atoms with van der Waals surface area (Å²) in [6.45, 7) is 1.38. The largest absolute Gasteiger partial charge is 0.483 e. The number of ether oxygens (including phenoxy) is 1. The highest BCUT2D eigenvalue weighted by Crippen LogP contribution is 2.26. The third-order valence-electron chi connectivity index (χ3n) is 3.82. The van der Waals surface area contributed by atoms with Gasteiger partial charge in [0, 0.05) is 23.7 Å². The van der Waals surface area contributed by atoms with E-state index in [1.165, 1.54) is 5.56 Å². The van der Waals surface area contributed by atoms with Gasteiger partial charge < -0.3 is 9.64 Å². The first-order valence-electron chi connectivity index (χ1n) is 7.45. The Morgan fingerprint density at radius 2 is 1.95 bits per heavy atom. The summed E-state index contributed by atoms with van der Waals surface area (Å²) in [5, 5.41) is 0.668. The lowest BCUT2D eigenvalue weighted by Crippen LogP contribution is -2.33. The van der Waals surface area contributed by atoms with E-state index in [1.54, 1.807) is 6.07 Å². The molecule has 1 aliphatic rings. The van der Waals surface area contributed by atoms with Gasteiger partial charge >= 0.3 is 0 Å². The number of benzene rings is 2. The summed E-state index contributed by atoms with van der Waals surface area (Å²) in [4.78, 5) is 14.0. The monoisotopic (exact) mass is 315 g/mol. The molecule has 0 atom stereocenters. The standard InChI is InChI=1S/C18H18ClNO2/c19-16-8-9-17-15(11-16)12-20(18(21)13-22-17)10-4-7-14-5-2-1-3-6-14/h1-3,5-6,8-9,11H,4,7,10,12-13H2. The van der Waals surface area contributed by atoms with Gasteiger partial charge in [0.1, 0.15) is 5.75 Å². The number of hydrogen-bond acceptors (Lipinski definition) is 2. The van der Waals surface area contributed by atoms with E-state index >= 15 is 0 Å². The topological polar surface area (TPSA) is 29.5 Å². The second kappa shape index (κ2) is 6.84. The number of nitrogens with zero attached hydrogens (tertiary/aromatic N) is 1. The molecule has 4 heteroatoms. The van der Waals surface area contributed by atoms with Crippen molar-refractivity contribution >= 4 is 17.5 Å². The summed E-state index contributed by atoms with van der Waals surface area (Å²) in [6, 6.07) is 15.8. The fourth-order valence-corrected chi connectivity index (χ4v) is 2.85.